The molecule has 1 fully saturated rings. The number of aryl methyl sites for hydroxylation is 1. The lowest BCUT2D eigenvalue weighted by Crippen LogP contribution is -2.46. The minimum absolute atomic E-state index is 0.133. The first-order valence-electron chi connectivity index (χ1n) is 6.21. The minimum Gasteiger partial charge on any atom is -0.507 e. The van der Waals surface area contributed by atoms with E-state index in [1.165, 1.54) is 0 Å². The Hall–Kier alpha value is -1.06. The van der Waals surface area contributed by atoms with Crippen LogP contribution in [-0.2, 0) is 11.3 Å². The van der Waals surface area contributed by atoms with Gasteiger partial charge in [-0.1, -0.05) is 18.2 Å². The van der Waals surface area contributed by atoms with E-state index in [1.54, 1.807) is 0 Å². The van der Waals surface area contributed by atoms with E-state index >= 15 is 0 Å². The van der Waals surface area contributed by atoms with Gasteiger partial charge in [0.05, 0.1) is 0 Å². The van der Waals surface area contributed by atoms with Crippen molar-refractivity contribution in [3.05, 3.63) is 29.3 Å². The molecule has 0 radical (unpaired) electrons. The van der Waals surface area contributed by atoms with Crippen LogP contribution in [0.5, 0.6) is 5.75 Å². The van der Waals surface area contributed by atoms with Crippen LogP contribution in [0.4, 0.5) is 0 Å². The van der Waals surface area contributed by atoms with Crippen molar-refractivity contribution in [1.82, 2.24) is 5.32 Å². The topological polar surface area (TPSA) is 41.5 Å². The zero-order valence-electron chi connectivity index (χ0n) is 10.6. The quantitative estimate of drug-likeness (QED) is 0.845. The molecule has 1 heterocycles. The Labute approximate surface area is 103 Å². The lowest BCUT2D eigenvalue weighted by Gasteiger charge is -2.34. The molecule has 1 aliphatic rings. The predicted octanol–water partition coefficient (Wildman–Crippen LogP) is 2.36. The standard InChI is InChI=1S/C14H21NO2/c1-11-4-3-5-12(13(11)16)10-15-14(2)6-8-17-9-7-14/h3-5,15-16H,6-10H2,1-2H3. The Kier molecular flexibility index (Phi) is 3.69. The molecule has 3 nitrogen and oxygen atoms in total. The van der Waals surface area contributed by atoms with E-state index in [9.17, 15) is 5.11 Å². The molecule has 1 aromatic carbocycles. The fourth-order valence-corrected chi connectivity index (χ4v) is 2.17. The molecule has 2 N–H and O–H groups in total. The average molecular weight is 235 g/mol. The van der Waals surface area contributed by atoms with Gasteiger partial charge in [-0.05, 0) is 32.3 Å². The summed E-state index contributed by atoms with van der Waals surface area (Å²) in [6, 6.07) is 5.88. The summed E-state index contributed by atoms with van der Waals surface area (Å²) < 4.78 is 5.37. The average Bonchev–Trinajstić information content (AvgIpc) is 2.32. The van der Waals surface area contributed by atoms with Crippen LogP contribution in [0.1, 0.15) is 30.9 Å². The molecule has 0 unspecified atom stereocenters. The number of hydrogen-bond acceptors (Lipinski definition) is 3. The third kappa shape index (κ3) is 2.99. The number of phenolic OH excluding ortho intramolecular Hbond substituents is 1. The van der Waals surface area contributed by atoms with Crippen molar-refractivity contribution < 1.29 is 9.84 Å². The Bertz CT molecular complexity index is 384. The van der Waals surface area contributed by atoms with E-state index in [-0.39, 0.29) is 5.54 Å². The highest BCUT2D eigenvalue weighted by Gasteiger charge is 2.26. The van der Waals surface area contributed by atoms with Gasteiger partial charge < -0.3 is 15.2 Å². The first kappa shape index (κ1) is 12.4. The fourth-order valence-electron chi connectivity index (χ4n) is 2.17. The van der Waals surface area contributed by atoms with Gasteiger partial charge in [0, 0.05) is 30.9 Å². The Morgan fingerprint density at radius 3 is 2.76 bits per heavy atom. The minimum atomic E-state index is 0.133. The van der Waals surface area contributed by atoms with Crippen molar-refractivity contribution in [1.29, 1.82) is 0 Å². The molecule has 0 spiro atoms. The number of rotatable bonds is 3. The molecule has 2 rings (SSSR count). The van der Waals surface area contributed by atoms with Crippen molar-refractivity contribution >= 4 is 0 Å². The normalized spacial score (nSPS) is 19.2. The summed E-state index contributed by atoms with van der Waals surface area (Å²) in [6.45, 7) is 6.51. The third-order valence-corrected chi connectivity index (χ3v) is 3.62. The summed E-state index contributed by atoms with van der Waals surface area (Å²) in [5.74, 6) is 0.413. The highest BCUT2D eigenvalue weighted by atomic mass is 16.5. The van der Waals surface area contributed by atoms with Gasteiger partial charge >= 0.3 is 0 Å². The van der Waals surface area contributed by atoms with Crippen molar-refractivity contribution in [2.75, 3.05) is 13.2 Å². The second kappa shape index (κ2) is 5.07. The van der Waals surface area contributed by atoms with Gasteiger partial charge in [-0.25, -0.2) is 0 Å². The molecule has 1 saturated heterocycles. The number of hydrogen-bond donors (Lipinski definition) is 2. The molecule has 0 amide bonds. The molecule has 94 valence electrons. The third-order valence-electron chi connectivity index (χ3n) is 3.62. The first-order chi connectivity index (χ1) is 8.11. The summed E-state index contributed by atoms with van der Waals surface area (Å²) in [7, 11) is 0. The highest BCUT2D eigenvalue weighted by Crippen LogP contribution is 2.24. The van der Waals surface area contributed by atoms with E-state index in [0.29, 0.717) is 12.3 Å². The molecule has 3 heteroatoms. The van der Waals surface area contributed by atoms with Gasteiger partial charge in [0.25, 0.3) is 0 Å². The van der Waals surface area contributed by atoms with Crippen LogP contribution in [0.2, 0.25) is 0 Å². The maximum absolute atomic E-state index is 9.95. The Morgan fingerprint density at radius 1 is 1.35 bits per heavy atom. The molecule has 0 aromatic heterocycles. The second-order valence-corrected chi connectivity index (χ2v) is 5.11. The molecule has 1 aromatic rings. The van der Waals surface area contributed by atoms with Crippen molar-refractivity contribution in [3.8, 4) is 5.75 Å². The summed E-state index contributed by atoms with van der Waals surface area (Å²) in [4.78, 5) is 0. The Balaban J connectivity index is 1.99. The lowest BCUT2D eigenvalue weighted by atomic mass is 9.92. The number of nitrogens with one attached hydrogen (secondary N) is 1. The molecule has 1 aliphatic heterocycles. The monoisotopic (exact) mass is 235 g/mol. The SMILES string of the molecule is Cc1cccc(CNC2(C)CCOCC2)c1O. The van der Waals surface area contributed by atoms with Crippen LogP contribution >= 0.6 is 0 Å². The van der Waals surface area contributed by atoms with Crippen LogP contribution in [-0.4, -0.2) is 23.9 Å². The van der Waals surface area contributed by atoms with Gasteiger partial charge in [0.1, 0.15) is 5.75 Å². The summed E-state index contributed by atoms with van der Waals surface area (Å²) in [5.41, 5.74) is 2.04. The van der Waals surface area contributed by atoms with E-state index in [2.05, 4.69) is 12.2 Å². The van der Waals surface area contributed by atoms with Crippen LogP contribution in [0, 0.1) is 6.92 Å². The van der Waals surface area contributed by atoms with Gasteiger partial charge in [-0.2, -0.15) is 0 Å². The highest BCUT2D eigenvalue weighted by molar-refractivity contribution is 5.39. The maximum Gasteiger partial charge on any atom is 0.122 e. The van der Waals surface area contributed by atoms with E-state index in [0.717, 1.165) is 37.2 Å². The first-order valence-corrected chi connectivity index (χ1v) is 6.21. The summed E-state index contributed by atoms with van der Waals surface area (Å²) >= 11 is 0. The van der Waals surface area contributed by atoms with Crippen LogP contribution < -0.4 is 5.32 Å². The molecule has 17 heavy (non-hydrogen) atoms. The van der Waals surface area contributed by atoms with Gasteiger partial charge in [-0.3, -0.25) is 0 Å². The number of aromatic hydroxyl groups is 1. The molecular weight excluding hydrogens is 214 g/mol. The number of phenols is 1. The van der Waals surface area contributed by atoms with Crippen molar-refractivity contribution in [2.24, 2.45) is 0 Å². The van der Waals surface area contributed by atoms with Crippen LogP contribution in [0.15, 0.2) is 18.2 Å². The maximum atomic E-state index is 9.95. The molecule has 0 bridgehead atoms. The molecule has 0 aliphatic carbocycles. The van der Waals surface area contributed by atoms with E-state index in [1.807, 2.05) is 25.1 Å². The fraction of sp³-hybridized carbons (Fsp3) is 0.571. The Morgan fingerprint density at radius 2 is 2.06 bits per heavy atom. The smallest absolute Gasteiger partial charge is 0.122 e. The lowest BCUT2D eigenvalue weighted by molar-refractivity contribution is 0.0445. The summed E-state index contributed by atoms with van der Waals surface area (Å²) in [5, 5.41) is 13.5. The van der Waals surface area contributed by atoms with E-state index in [4.69, 9.17) is 4.74 Å². The van der Waals surface area contributed by atoms with Crippen LogP contribution in [0.3, 0.4) is 0 Å². The van der Waals surface area contributed by atoms with Crippen molar-refractivity contribution in [2.45, 2.75) is 38.8 Å². The number of para-hydroxylation sites is 1. The molecule has 0 atom stereocenters. The second-order valence-electron chi connectivity index (χ2n) is 5.11. The van der Waals surface area contributed by atoms with E-state index < -0.39 is 0 Å². The van der Waals surface area contributed by atoms with Gasteiger partial charge in [-0.15, -0.1) is 0 Å². The molecular formula is C14H21NO2. The molecule has 0 saturated carbocycles. The largest absolute Gasteiger partial charge is 0.507 e. The number of benzene rings is 1. The zero-order valence-corrected chi connectivity index (χ0v) is 10.6. The predicted molar refractivity (Wildman–Crippen MR) is 68.1 cm³/mol. The van der Waals surface area contributed by atoms with Gasteiger partial charge in [0.2, 0.25) is 0 Å². The summed E-state index contributed by atoms with van der Waals surface area (Å²) in [6.07, 6.45) is 2.05. The van der Waals surface area contributed by atoms with Gasteiger partial charge in [0.15, 0.2) is 0 Å². The number of ether oxygens (including phenoxy) is 1. The van der Waals surface area contributed by atoms with Crippen LogP contribution in [0.25, 0.3) is 0 Å². The van der Waals surface area contributed by atoms with Crippen molar-refractivity contribution in [3.63, 3.8) is 0 Å². The zero-order chi connectivity index (χ0) is 12.3.